The van der Waals surface area contributed by atoms with E-state index < -0.39 is 11.7 Å². The third-order valence-corrected chi connectivity index (χ3v) is 1.49. The fourth-order valence-electron chi connectivity index (χ4n) is 1.06. The van der Waals surface area contributed by atoms with E-state index >= 15 is 0 Å². The molecule has 0 saturated heterocycles. The van der Waals surface area contributed by atoms with E-state index in [1.54, 1.807) is 13.8 Å². The molecule has 0 saturated carbocycles. The molecule has 0 fully saturated rings. The van der Waals surface area contributed by atoms with Crippen molar-refractivity contribution in [2.45, 2.75) is 46.3 Å². The van der Waals surface area contributed by atoms with Gasteiger partial charge in [-0.25, -0.2) is 0 Å². The minimum absolute atomic E-state index is 0.252. The van der Waals surface area contributed by atoms with Crippen LogP contribution in [0.3, 0.4) is 0 Å². The summed E-state index contributed by atoms with van der Waals surface area (Å²) in [6.07, 6.45) is -0.681. The van der Waals surface area contributed by atoms with Crippen LogP contribution in [0.2, 0.25) is 0 Å². The fourth-order valence-corrected chi connectivity index (χ4v) is 1.06. The van der Waals surface area contributed by atoms with Gasteiger partial charge in [0, 0.05) is 0 Å². The van der Waals surface area contributed by atoms with E-state index in [9.17, 15) is 10.2 Å². The summed E-state index contributed by atoms with van der Waals surface area (Å²) in [4.78, 5) is 0. The predicted octanol–water partition coefficient (Wildman–Crippen LogP) is 1.16. The summed E-state index contributed by atoms with van der Waals surface area (Å²) in [6.45, 7) is 8.92. The molecule has 0 radical (unpaired) electrons. The molecule has 0 heterocycles. The number of hydrogen-bond donors (Lipinski definition) is 2. The molecule has 1 unspecified atom stereocenters. The first-order valence-electron chi connectivity index (χ1n) is 3.56. The van der Waals surface area contributed by atoms with Crippen molar-refractivity contribution < 1.29 is 10.2 Å². The number of aliphatic hydroxyl groups excluding tert-OH is 1. The average Bonchev–Trinajstić information content (AvgIpc) is 1.59. The summed E-state index contributed by atoms with van der Waals surface area (Å²) in [5.41, 5.74) is -1.25. The zero-order valence-electron chi connectivity index (χ0n) is 7.47. The minimum Gasteiger partial charge on any atom is -0.390 e. The smallest absolute Gasteiger partial charge is 0.0869 e. The Hall–Kier alpha value is -0.0800. The lowest BCUT2D eigenvalue weighted by atomic mass is 9.80. The van der Waals surface area contributed by atoms with Gasteiger partial charge in [0.05, 0.1) is 11.7 Å². The molecule has 0 rings (SSSR count). The van der Waals surface area contributed by atoms with Crippen molar-refractivity contribution >= 4 is 0 Å². The van der Waals surface area contributed by atoms with Crippen molar-refractivity contribution in [3.05, 3.63) is 0 Å². The third kappa shape index (κ3) is 2.67. The molecule has 0 aromatic carbocycles. The second-order valence-electron chi connectivity index (χ2n) is 4.42. The lowest BCUT2D eigenvalue weighted by molar-refractivity contribution is -0.0982. The molecule has 0 aliphatic rings. The van der Waals surface area contributed by atoms with Crippen molar-refractivity contribution in [3.63, 3.8) is 0 Å². The Balaban J connectivity index is 4.23. The molecule has 2 heteroatoms. The van der Waals surface area contributed by atoms with E-state index in [-0.39, 0.29) is 5.41 Å². The van der Waals surface area contributed by atoms with Crippen LogP contribution in [0.15, 0.2) is 0 Å². The van der Waals surface area contributed by atoms with Crippen LogP contribution in [0.1, 0.15) is 34.6 Å². The SMILES string of the molecule is CC(C)(C)C(O)C(C)(C)O. The van der Waals surface area contributed by atoms with Gasteiger partial charge in [0.15, 0.2) is 0 Å². The number of hydrogen-bond acceptors (Lipinski definition) is 2. The van der Waals surface area contributed by atoms with Crippen LogP contribution in [0, 0.1) is 5.41 Å². The maximum absolute atomic E-state index is 9.47. The molecule has 2 nitrogen and oxygen atoms in total. The van der Waals surface area contributed by atoms with Gasteiger partial charge in [0.2, 0.25) is 0 Å². The highest BCUT2D eigenvalue weighted by Crippen LogP contribution is 2.27. The van der Waals surface area contributed by atoms with Crippen molar-refractivity contribution in [2.24, 2.45) is 5.41 Å². The molecule has 0 amide bonds. The Bertz CT molecular complexity index is 91.4. The van der Waals surface area contributed by atoms with Gasteiger partial charge in [0.25, 0.3) is 0 Å². The molecular formula is C8H18O2. The minimum atomic E-state index is -1.00. The molecule has 0 spiro atoms. The van der Waals surface area contributed by atoms with E-state index in [0.717, 1.165) is 0 Å². The Morgan fingerprint density at radius 1 is 1.00 bits per heavy atom. The molecule has 2 N–H and O–H groups in total. The first kappa shape index (κ1) is 9.92. The van der Waals surface area contributed by atoms with E-state index in [4.69, 9.17) is 0 Å². The normalized spacial score (nSPS) is 17.1. The van der Waals surface area contributed by atoms with Crippen LogP contribution in [0.25, 0.3) is 0 Å². The molecule has 0 aliphatic heterocycles. The zero-order valence-corrected chi connectivity index (χ0v) is 7.47. The third-order valence-electron chi connectivity index (χ3n) is 1.49. The Morgan fingerprint density at radius 3 is 1.30 bits per heavy atom. The first-order chi connectivity index (χ1) is 4.15. The van der Waals surface area contributed by atoms with Crippen LogP contribution in [-0.4, -0.2) is 21.9 Å². The molecule has 10 heavy (non-hydrogen) atoms. The molecule has 0 bridgehead atoms. The largest absolute Gasteiger partial charge is 0.390 e. The molecule has 62 valence electrons. The van der Waals surface area contributed by atoms with Crippen molar-refractivity contribution in [1.82, 2.24) is 0 Å². The molecule has 0 aliphatic carbocycles. The van der Waals surface area contributed by atoms with Gasteiger partial charge in [-0.2, -0.15) is 0 Å². The number of rotatable bonds is 1. The van der Waals surface area contributed by atoms with Gasteiger partial charge in [-0.05, 0) is 19.3 Å². The van der Waals surface area contributed by atoms with Gasteiger partial charge < -0.3 is 10.2 Å². The predicted molar refractivity (Wildman–Crippen MR) is 41.8 cm³/mol. The van der Waals surface area contributed by atoms with Crippen LogP contribution in [0.4, 0.5) is 0 Å². The highest BCUT2D eigenvalue weighted by atomic mass is 16.3. The van der Waals surface area contributed by atoms with E-state index in [1.165, 1.54) is 0 Å². The van der Waals surface area contributed by atoms with E-state index in [0.29, 0.717) is 0 Å². The van der Waals surface area contributed by atoms with Gasteiger partial charge in [-0.1, -0.05) is 20.8 Å². The lowest BCUT2D eigenvalue weighted by Crippen LogP contribution is -2.44. The maximum atomic E-state index is 9.47. The maximum Gasteiger partial charge on any atom is 0.0869 e. The van der Waals surface area contributed by atoms with Gasteiger partial charge in [-0.3, -0.25) is 0 Å². The molecular weight excluding hydrogens is 128 g/mol. The van der Waals surface area contributed by atoms with Crippen molar-refractivity contribution in [1.29, 1.82) is 0 Å². The topological polar surface area (TPSA) is 40.5 Å². The average molecular weight is 146 g/mol. The van der Waals surface area contributed by atoms with Crippen molar-refractivity contribution in [3.8, 4) is 0 Å². The fraction of sp³-hybridized carbons (Fsp3) is 1.00. The standard InChI is InChI=1S/C8H18O2/c1-7(2,3)6(9)8(4,5)10/h6,9-10H,1-5H3. The van der Waals surface area contributed by atoms with Crippen LogP contribution < -0.4 is 0 Å². The van der Waals surface area contributed by atoms with Gasteiger partial charge in [0.1, 0.15) is 0 Å². The zero-order chi connectivity index (χ0) is 8.58. The van der Waals surface area contributed by atoms with Gasteiger partial charge >= 0.3 is 0 Å². The van der Waals surface area contributed by atoms with Crippen LogP contribution in [-0.2, 0) is 0 Å². The summed E-state index contributed by atoms with van der Waals surface area (Å²) in [6, 6.07) is 0. The molecule has 1 atom stereocenters. The lowest BCUT2D eigenvalue weighted by Gasteiger charge is -2.34. The van der Waals surface area contributed by atoms with Gasteiger partial charge in [-0.15, -0.1) is 0 Å². The van der Waals surface area contributed by atoms with E-state index in [1.807, 2.05) is 20.8 Å². The number of aliphatic hydroxyl groups is 2. The molecule has 0 aromatic rings. The van der Waals surface area contributed by atoms with Crippen molar-refractivity contribution in [2.75, 3.05) is 0 Å². The summed E-state index contributed by atoms with van der Waals surface area (Å²) < 4.78 is 0. The highest BCUT2D eigenvalue weighted by Gasteiger charge is 2.34. The summed E-state index contributed by atoms with van der Waals surface area (Å²) >= 11 is 0. The summed E-state index contributed by atoms with van der Waals surface area (Å²) in [5.74, 6) is 0. The second kappa shape index (κ2) is 2.51. The highest BCUT2D eigenvalue weighted by molar-refractivity contribution is 4.85. The monoisotopic (exact) mass is 146 g/mol. The Labute approximate surface area is 62.9 Å². The quantitative estimate of drug-likeness (QED) is 0.583. The van der Waals surface area contributed by atoms with Crippen LogP contribution >= 0.6 is 0 Å². The Morgan fingerprint density at radius 2 is 1.30 bits per heavy atom. The summed E-state index contributed by atoms with van der Waals surface area (Å²) in [7, 11) is 0. The second-order valence-corrected chi connectivity index (χ2v) is 4.42. The first-order valence-corrected chi connectivity index (χ1v) is 3.56. The summed E-state index contributed by atoms with van der Waals surface area (Å²) in [5, 5.41) is 18.8. The Kier molecular flexibility index (Phi) is 2.49. The molecule has 0 aromatic heterocycles. The van der Waals surface area contributed by atoms with Crippen LogP contribution in [0.5, 0.6) is 0 Å². The van der Waals surface area contributed by atoms with E-state index in [2.05, 4.69) is 0 Å².